The Morgan fingerprint density at radius 3 is 2.62 bits per heavy atom. The molecular weight excluding hydrogens is 356 g/mol. The number of rotatable bonds is 2. The third-order valence-electron chi connectivity index (χ3n) is 4.06. The third-order valence-corrected chi connectivity index (χ3v) is 4.32. The Balaban J connectivity index is 1.83. The molecule has 1 aliphatic heterocycles. The van der Waals surface area contributed by atoms with Gasteiger partial charge in [0.15, 0.2) is 0 Å². The lowest BCUT2D eigenvalue weighted by atomic mass is 9.99. The minimum atomic E-state index is -0.591. The number of halogens is 1. The van der Waals surface area contributed by atoms with Crippen LogP contribution in [-0.2, 0) is 4.74 Å². The molecule has 3 rings (SSSR count). The normalized spacial score (nSPS) is 20.9. The average molecular weight is 379 g/mol. The van der Waals surface area contributed by atoms with Gasteiger partial charge < -0.3 is 14.9 Å². The molecule has 2 atom stereocenters. The van der Waals surface area contributed by atoms with Gasteiger partial charge in [0, 0.05) is 23.2 Å². The van der Waals surface area contributed by atoms with Gasteiger partial charge in [-0.2, -0.15) is 0 Å². The minimum absolute atomic E-state index is 0.0996. The standard InChI is InChI=1S/C18H23ClN4O3/c1-18(2,3)26-17(24)23-10-13(20)8-9-14(23)16-22-21-15(25-16)11-4-6-12(19)7-5-11/h4-7,13-14H,8-10,20H2,1-3H3/t13-,14+/m1/s1. The Labute approximate surface area is 157 Å². The third kappa shape index (κ3) is 4.34. The largest absolute Gasteiger partial charge is 0.444 e. The zero-order chi connectivity index (χ0) is 18.9. The van der Waals surface area contributed by atoms with Crippen molar-refractivity contribution in [3.63, 3.8) is 0 Å². The molecular formula is C18H23ClN4O3. The fraction of sp³-hybridized carbons (Fsp3) is 0.500. The number of carbonyl (C=O) groups excluding carboxylic acids is 1. The predicted octanol–water partition coefficient (Wildman–Crippen LogP) is 3.79. The number of ether oxygens (including phenoxy) is 1. The maximum Gasteiger partial charge on any atom is 0.411 e. The number of hydrogen-bond donors (Lipinski definition) is 1. The average Bonchev–Trinajstić information content (AvgIpc) is 3.03. The number of nitrogens with zero attached hydrogens (tertiary/aromatic N) is 3. The molecule has 0 saturated carbocycles. The summed E-state index contributed by atoms with van der Waals surface area (Å²) in [5, 5.41) is 8.89. The monoisotopic (exact) mass is 378 g/mol. The van der Waals surface area contributed by atoms with Crippen molar-refractivity contribution in [3.8, 4) is 11.5 Å². The zero-order valence-electron chi connectivity index (χ0n) is 15.1. The van der Waals surface area contributed by atoms with Crippen molar-refractivity contribution in [2.75, 3.05) is 6.54 Å². The molecule has 0 unspecified atom stereocenters. The quantitative estimate of drug-likeness (QED) is 0.854. The lowest BCUT2D eigenvalue weighted by Gasteiger charge is -2.37. The van der Waals surface area contributed by atoms with Crippen molar-refractivity contribution in [2.24, 2.45) is 5.73 Å². The zero-order valence-corrected chi connectivity index (χ0v) is 15.9. The number of aromatic nitrogens is 2. The van der Waals surface area contributed by atoms with Gasteiger partial charge in [0.25, 0.3) is 0 Å². The van der Waals surface area contributed by atoms with Crippen molar-refractivity contribution < 1.29 is 13.9 Å². The molecule has 0 radical (unpaired) electrons. The summed E-state index contributed by atoms with van der Waals surface area (Å²) in [6.45, 7) is 5.87. The summed E-state index contributed by atoms with van der Waals surface area (Å²) >= 11 is 5.91. The van der Waals surface area contributed by atoms with E-state index in [-0.39, 0.29) is 12.1 Å². The predicted molar refractivity (Wildman–Crippen MR) is 97.6 cm³/mol. The van der Waals surface area contributed by atoms with Crippen LogP contribution >= 0.6 is 11.6 Å². The van der Waals surface area contributed by atoms with E-state index in [0.717, 1.165) is 12.0 Å². The molecule has 1 saturated heterocycles. The molecule has 2 aromatic rings. The lowest BCUT2D eigenvalue weighted by Crippen LogP contribution is -2.49. The van der Waals surface area contributed by atoms with Crippen molar-refractivity contribution >= 4 is 17.7 Å². The van der Waals surface area contributed by atoms with E-state index < -0.39 is 11.7 Å². The highest BCUT2D eigenvalue weighted by Crippen LogP contribution is 2.32. The molecule has 8 heteroatoms. The smallest absolute Gasteiger partial charge is 0.411 e. The molecule has 140 valence electrons. The molecule has 1 aromatic carbocycles. The van der Waals surface area contributed by atoms with E-state index in [1.54, 1.807) is 17.0 Å². The number of nitrogens with two attached hydrogens (primary N) is 1. The summed E-state index contributed by atoms with van der Waals surface area (Å²) in [7, 11) is 0. The second-order valence-electron chi connectivity index (χ2n) is 7.44. The highest BCUT2D eigenvalue weighted by Gasteiger charge is 2.37. The molecule has 7 nitrogen and oxygen atoms in total. The van der Waals surface area contributed by atoms with Gasteiger partial charge in [0.05, 0.1) is 0 Å². The fourth-order valence-electron chi connectivity index (χ4n) is 2.86. The van der Waals surface area contributed by atoms with Gasteiger partial charge in [0.2, 0.25) is 11.8 Å². The molecule has 0 aliphatic carbocycles. The van der Waals surface area contributed by atoms with Crippen molar-refractivity contribution in [1.29, 1.82) is 0 Å². The topological polar surface area (TPSA) is 94.5 Å². The Hall–Kier alpha value is -2.12. The lowest BCUT2D eigenvalue weighted by molar-refractivity contribution is 0.00380. The SMILES string of the molecule is CC(C)(C)OC(=O)N1C[C@H](N)CC[C@H]1c1nnc(-c2ccc(Cl)cc2)o1. The highest BCUT2D eigenvalue weighted by atomic mass is 35.5. The Morgan fingerprint density at radius 1 is 1.27 bits per heavy atom. The number of carbonyl (C=O) groups is 1. The van der Waals surface area contributed by atoms with E-state index in [0.29, 0.717) is 29.8 Å². The van der Waals surface area contributed by atoms with Gasteiger partial charge >= 0.3 is 6.09 Å². The molecule has 26 heavy (non-hydrogen) atoms. The van der Waals surface area contributed by atoms with Crippen molar-refractivity contribution in [3.05, 3.63) is 35.2 Å². The first kappa shape index (κ1) is 18.7. The summed E-state index contributed by atoms with van der Waals surface area (Å²) in [5.74, 6) is 0.767. The van der Waals surface area contributed by atoms with Crippen molar-refractivity contribution in [1.82, 2.24) is 15.1 Å². The maximum atomic E-state index is 12.6. The van der Waals surface area contributed by atoms with Crippen LogP contribution in [0.25, 0.3) is 11.5 Å². The molecule has 1 aromatic heterocycles. The van der Waals surface area contributed by atoms with E-state index in [2.05, 4.69) is 10.2 Å². The number of benzene rings is 1. The van der Waals surface area contributed by atoms with E-state index in [1.165, 1.54) is 0 Å². The summed E-state index contributed by atoms with van der Waals surface area (Å²) < 4.78 is 11.3. The van der Waals surface area contributed by atoms with Crippen LogP contribution in [0.1, 0.15) is 45.5 Å². The molecule has 0 spiro atoms. The fourth-order valence-corrected chi connectivity index (χ4v) is 2.98. The minimum Gasteiger partial charge on any atom is -0.444 e. The number of likely N-dealkylation sites (tertiary alicyclic amines) is 1. The van der Waals surface area contributed by atoms with E-state index >= 15 is 0 Å². The summed E-state index contributed by atoms with van der Waals surface area (Å²) in [5.41, 5.74) is 6.23. The van der Waals surface area contributed by atoms with Crippen molar-refractivity contribution in [2.45, 2.75) is 51.3 Å². The van der Waals surface area contributed by atoms with Crippen LogP contribution in [0.3, 0.4) is 0 Å². The maximum absolute atomic E-state index is 12.6. The summed E-state index contributed by atoms with van der Waals surface area (Å²) in [6.07, 6.45) is 0.981. The second-order valence-corrected chi connectivity index (χ2v) is 7.87. The van der Waals surface area contributed by atoms with Gasteiger partial charge in [-0.1, -0.05) is 11.6 Å². The van der Waals surface area contributed by atoms with Crippen LogP contribution in [0.5, 0.6) is 0 Å². The second kappa shape index (κ2) is 7.25. The summed E-state index contributed by atoms with van der Waals surface area (Å²) in [4.78, 5) is 14.2. The van der Waals surface area contributed by atoms with Crippen LogP contribution < -0.4 is 5.73 Å². The molecule has 1 fully saturated rings. The first-order chi connectivity index (χ1) is 12.2. The van der Waals surface area contributed by atoms with Crippen LogP contribution in [0.4, 0.5) is 4.79 Å². The number of hydrogen-bond acceptors (Lipinski definition) is 6. The highest BCUT2D eigenvalue weighted by molar-refractivity contribution is 6.30. The van der Waals surface area contributed by atoms with Gasteiger partial charge in [-0.25, -0.2) is 4.79 Å². The van der Waals surface area contributed by atoms with Gasteiger partial charge in [-0.05, 0) is 57.9 Å². The van der Waals surface area contributed by atoms with E-state index in [9.17, 15) is 4.79 Å². The first-order valence-electron chi connectivity index (χ1n) is 8.57. The van der Waals surface area contributed by atoms with Crippen LogP contribution in [0.15, 0.2) is 28.7 Å². The molecule has 2 heterocycles. The van der Waals surface area contributed by atoms with E-state index in [1.807, 2.05) is 32.9 Å². The van der Waals surface area contributed by atoms with Gasteiger partial charge in [-0.15, -0.1) is 10.2 Å². The first-order valence-corrected chi connectivity index (χ1v) is 8.95. The van der Waals surface area contributed by atoms with Crippen LogP contribution in [-0.4, -0.2) is 39.4 Å². The molecule has 2 N–H and O–H groups in total. The number of amides is 1. The molecule has 0 bridgehead atoms. The van der Waals surface area contributed by atoms with Gasteiger partial charge in [-0.3, -0.25) is 4.90 Å². The van der Waals surface area contributed by atoms with Crippen LogP contribution in [0, 0.1) is 0 Å². The Kier molecular flexibility index (Phi) is 5.20. The Bertz CT molecular complexity index is 769. The molecule has 1 amide bonds. The Morgan fingerprint density at radius 2 is 1.96 bits per heavy atom. The van der Waals surface area contributed by atoms with E-state index in [4.69, 9.17) is 26.5 Å². The molecule has 1 aliphatic rings. The summed E-state index contributed by atoms with van der Waals surface area (Å²) in [6, 6.07) is 6.68. The number of piperidine rings is 1. The van der Waals surface area contributed by atoms with Crippen LogP contribution in [0.2, 0.25) is 5.02 Å². The van der Waals surface area contributed by atoms with Gasteiger partial charge in [0.1, 0.15) is 11.6 Å².